The van der Waals surface area contributed by atoms with E-state index in [1.54, 1.807) is 25.3 Å². The molecule has 0 amide bonds. The van der Waals surface area contributed by atoms with Gasteiger partial charge in [-0.05, 0) is 68.8 Å². The molecule has 0 aliphatic carbocycles. The number of benzene rings is 4. The Balaban J connectivity index is -0.000000573. The average Bonchev–Trinajstić information content (AvgIpc) is 2.91. The standard InChI is InChI=1S/C7H5BrFNO2.C7H6BrNO3.C7H8BrNO.C6H2BrF2NO2.CH4S.Na.Zn/c1-4-2-5(8)3-6(9)7(4)10(11)12;1-4-2-5(8)3-6(10)7(4)9(11)12;1-4-2-5(8)3-6(10)7(4)9;7-3-1-4(8)6(10(11)12)5(9)2-3;1-2;;/h2-3H,1H3;2-3,10H,1H3;2-3,10H,9H2,1H3;1-2H;2H,1H3;;/q;;;;;+1;/p-1. The fourth-order valence-corrected chi connectivity index (χ4v) is 5.39. The first-order valence-electron chi connectivity index (χ1n) is 12.4. The smallest absolute Gasteiger partial charge is 0.796 e. The van der Waals surface area contributed by atoms with Crippen LogP contribution in [-0.2, 0) is 32.1 Å². The van der Waals surface area contributed by atoms with Crippen LogP contribution in [0.1, 0.15) is 16.7 Å². The van der Waals surface area contributed by atoms with Crippen LogP contribution in [0.5, 0.6) is 11.5 Å². The van der Waals surface area contributed by atoms with Gasteiger partial charge < -0.3 is 28.6 Å². The van der Waals surface area contributed by atoms with Gasteiger partial charge in [-0.3, -0.25) is 30.3 Å². The maximum absolute atomic E-state index is 12.9. The van der Waals surface area contributed by atoms with Gasteiger partial charge in [0.15, 0.2) is 5.75 Å². The van der Waals surface area contributed by atoms with Gasteiger partial charge in [0.1, 0.15) is 5.75 Å². The molecule has 0 radical (unpaired) electrons. The van der Waals surface area contributed by atoms with Crippen LogP contribution >= 0.6 is 63.7 Å². The zero-order chi connectivity index (χ0) is 37.6. The van der Waals surface area contributed by atoms with E-state index in [1.165, 1.54) is 19.1 Å². The third-order valence-electron chi connectivity index (χ3n) is 5.32. The van der Waals surface area contributed by atoms with E-state index >= 15 is 0 Å². The van der Waals surface area contributed by atoms with Crippen LogP contribution in [0.15, 0.2) is 66.4 Å². The third-order valence-corrected chi connectivity index (χ3v) is 7.15. The van der Waals surface area contributed by atoms with Gasteiger partial charge in [0, 0.05) is 54.6 Å². The second-order valence-electron chi connectivity index (χ2n) is 8.79. The van der Waals surface area contributed by atoms with Crippen molar-refractivity contribution in [2.45, 2.75) is 20.8 Å². The number of rotatable bonds is 3. The van der Waals surface area contributed by atoms with Crippen molar-refractivity contribution in [1.29, 1.82) is 0 Å². The van der Waals surface area contributed by atoms with E-state index in [2.05, 4.69) is 76.3 Å². The van der Waals surface area contributed by atoms with E-state index in [-0.39, 0.29) is 70.7 Å². The maximum Gasteiger partial charge on any atom is 1.00 e. The summed E-state index contributed by atoms with van der Waals surface area (Å²) >= 11 is 16.3. The zero-order valence-corrected chi connectivity index (χ0v) is 38.8. The van der Waals surface area contributed by atoms with Crippen molar-refractivity contribution in [2.75, 3.05) is 12.0 Å². The zero-order valence-electron chi connectivity index (χ0n) is 26.6. The number of halogens is 7. The van der Waals surface area contributed by atoms with Crippen LogP contribution in [0.25, 0.3) is 0 Å². The number of nitro groups is 3. The minimum Gasteiger partial charge on any atom is -0.796 e. The van der Waals surface area contributed by atoms with E-state index in [0.717, 1.165) is 28.2 Å². The van der Waals surface area contributed by atoms with Gasteiger partial charge in [0.05, 0.1) is 20.5 Å². The predicted octanol–water partition coefficient (Wildman–Crippen LogP) is 7.02. The molecule has 22 heteroatoms. The minimum absolute atomic E-state index is 0. The van der Waals surface area contributed by atoms with Crippen molar-refractivity contribution in [3.05, 3.63) is 131 Å². The second kappa shape index (κ2) is 25.2. The number of nitrogens with zero attached hydrogens (tertiary/aromatic N) is 3. The molecule has 4 N–H and O–H groups in total. The summed E-state index contributed by atoms with van der Waals surface area (Å²) in [5.41, 5.74) is 5.73. The maximum atomic E-state index is 12.9. The number of anilines is 1. The van der Waals surface area contributed by atoms with Crippen LogP contribution in [0.2, 0.25) is 0 Å². The Bertz CT molecular complexity index is 1570. The Hall–Kier alpha value is -1.84. The Morgan fingerprint density at radius 1 is 0.580 bits per heavy atom. The molecule has 50 heavy (non-hydrogen) atoms. The van der Waals surface area contributed by atoms with Gasteiger partial charge in [-0.25, -0.2) is 0 Å². The summed E-state index contributed by atoms with van der Waals surface area (Å²) in [5.74, 6) is -3.37. The molecule has 0 spiro atoms. The van der Waals surface area contributed by atoms with E-state index in [4.69, 9.17) is 10.8 Å². The van der Waals surface area contributed by atoms with E-state index in [0.29, 0.717) is 25.8 Å². The first-order valence-corrected chi connectivity index (χ1v) is 16.3. The number of phenolic OH excluding ortho intramolecular Hbond substituents is 2. The molecule has 0 aromatic heterocycles. The number of hydrogen-bond donors (Lipinski definition) is 3. The fraction of sp³-hybridized carbons (Fsp3) is 0.143. The molecule has 4 rings (SSSR count). The third kappa shape index (κ3) is 17.1. The quantitative estimate of drug-likeness (QED) is 0.0479. The molecule has 0 aliphatic heterocycles. The number of hydrogen-bond acceptors (Lipinski definition) is 10. The molecule has 0 aliphatic rings. The monoisotopic (exact) mass is 1040 g/mol. The average molecular weight is 1040 g/mol. The molecule has 0 unspecified atom stereocenters. The molecule has 262 valence electrons. The first kappa shape index (κ1) is 52.5. The van der Waals surface area contributed by atoms with Crippen molar-refractivity contribution in [3.8, 4) is 11.5 Å². The fourth-order valence-electron chi connectivity index (χ4n) is 3.33. The molecule has 0 fully saturated rings. The largest absolute Gasteiger partial charge is 1.00 e. The summed E-state index contributed by atoms with van der Waals surface area (Å²) in [7, 11) is 0. The van der Waals surface area contributed by atoms with Gasteiger partial charge in [-0.15, -0.1) is 0 Å². The van der Waals surface area contributed by atoms with Gasteiger partial charge in [0.2, 0.25) is 17.5 Å². The SMILES string of the molecule is C[S-].Cc1cc(Br)cc(F)c1[N+](=O)[O-].Cc1cc(Br)cc(O)c1N.Cc1cc(Br)cc(O)c1[N+](=O)[O-].O=[N+]([O-])c1c(F)cc(Br)cc1F.[Na+].[Zn]. The number of aryl methyl sites for hydroxylation is 3. The van der Waals surface area contributed by atoms with E-state index < -0.39 is 43.6 Å². The number of nitrogens with two attached hydrogens (primary N) is 1. The van der Waals surface area contributed by atoms with Gasteiger partial charge in [0.25, 0.3) is 0 Å². The second-order valence-corrected chi connectivity index (χ2v) is 12.5. The molecule has 12 nitrogen and oxygen atoms in total. The summed E-state index contributed by atoms with van der Waals surface area (Å²) in [5, 5.41) is 49.0. The van der Waals surface area contributed by atoms with Crippen LogP contribution in [0, 0.1) is 68.6 Å². The van der Waals surface area contributed by atoms with Gasteiger partial charge >= 0.3 is 46.6 Å². The first-order chi connectivity index (χ1) is 22.2. The number of phenols is 2. The number of nitro benzene ring substituents is 3. The Morgan fingerprint density at radius 3 is 1.18 bits per heavy atom. The van der Waals surface area contributed by atoms with Crippen molar-refractivity contribution in [1.82, 2.24) is 0 Å². The van der Waals surface area contributed by atoms with E-state index in [9.17, 15) is 48.6 Å². The summed E-state index contributed by atoms with van der Waals surface area (Å²) < 4.78 is 40.3. The van der Waals surface area contributed by atoms with Crippen molar-refractivity contribution in [3.63, 3.8) is 0 Å². The topological polar surface area (TPSA) is 196 Å². The molecule has 0 bridgehead atoms. The Kier molecular flexibility index (Phi) is 26.5. The number of nitrogen functional groups attached to an aromatic ring is 1. The van der Waals surface area contributed by atoms with Crippen LogP contribution in [0.3, 0.4) is 0 Å². The van der Waals surface area contributed by atoms with Gasteiger partial charge in [-0.2, -0.15) is 19.4 Å². The molecule has 0 heterocycles. The molecule has 4 aromatic carbocycles. The Morgan fingerprint density at radius 2 is 0.860 bits per heavy atom. The van der Waals surface area contributed by atoms with E-state index in [1.807, 2.05) is 13.0 Å². The normalized spacial score (nSPS) is 9.20. The number of aromatic hydroxyl groups is 2. The summed E-state index contributed by atoms with van der Waals surface area (Å²) in [6.45, 7) is 4.91. The minimum atomic E-state index is -1.19. The molecule has 0 saturated carbocycles. The molecule has 4 aromatic rings. The Labute approximate surface area is 357 Å². The van der Waals surface area contributed by atoms with Crippen molar-refractivity contribution >= 4 is 99.1 Å². The summed E-state index contributed by atoms with van der Waals surface area (Å²) in [6.07, 6.45) is 1.58. The molecular weight excluding hydrogens is 1020 g/mol. The summed E-state index contributed by atoms with van der Waals surface area (Å²) in [6, 6.07) is 10.6. The molecular formula is C28H24Br4F3N4NaO8SZn. The van der Waals surface area contributed by atoms with Crippen LogP contribution in [-0.4, -0.2) is 31.2 Å². The summed E-state index contributed by atoms with van der Waals surface area (Å²) in [4.78, 5) is 28.3. The molecule has 0 atom stereocenters. The van der Waals surface area contributed by atoms with Gasteiger partial charge in [-0.1, -0.05) is 63.7 Å². The van der Waals surface area contributed by atoms with Crippen LogP contribution < -0.4 is 35.3 Å². The predicted molar refractivity (Wildman–Crippen MR) is 192 cm³/mol. The van der Waals surface area contributed by atoms with Crippen molar-refractivity contribution in [2.24, 2.45) is 0 Å². The van der Waals surface area contributed by atoms with Crippen LogP contribution in [0.4, 0.5) is 35.9 Å². The molecule has 0 saturated heterocycles. The van der Waals surface area contributed by atoms with Crippen molar-refractivity contribution < 1.29 is 87.2 Å².